The smallest absolute Gasteiger partial charge is 0.256 e. The molecule has 0 bridgehead atoms. The van der Waals surface area contributed by atoms with E-state index in [1.807, 2.05) is 18.2 Å². The number of amides is 1. The SMILES string of the molecule is COc1ccc(CCNC(=O)c2cnoc2-c2ccc(F)cc2)cc1OC. The van der Waals surface area contributed by atoms with Gasteiger partial charge in [0.1, 0.15) is 11.4 Å². The lowest BCUT2D eigenvalue weighted by molar-refractivity contribution is 0.0954. The highest BCUT2D eigenvalue weighted by atomic mass is 19.1. The van der Waals surface area contributed by atoms with Gasteiger partial charge >= 0.3 is 0 Å². The van der Waals surface area contributed by atoms with E-state index in [0.29, 0.717) is 41.4 Å². The molecule has 1 amide bonds. The van der Waals surface area contributed by atoms with E-state index in [-0.39, 0.29) is 11.7 Å². The fourth-order valence-electron chi connectivity index (χ4n) is 2.66. The van der Waals surface area contributed by atoms with Gasteiger partial charge in [-0.3, -0.25) is 4.79 Å². The molecule has 0 saturated carbocycles. The van der Waals surface area contributed by atoms with E-state index < -0.39 is 0 Å². The molecule has 3 rings (SSSR count). The number of nitrogens with zero attached hydrogens (tertiary/aromatic N) is 1. The van der Waals surface area contributed by atoms with Crippen molar-refractivity contribution >= 4 is 5.91 Å². The van der Waals surface area contributed by atoms with Gasteiger partial charge in [0.15, 0.2) is 17.3 Å². The van der Waals surface area contributed by atoms with Gasteiger partial charge in [0.2, 0.25) is 0 Å². The molecule has 0 radical (unpaired) electrons. The molecule has 0 saturated heterocycles. The van der Waals surface area contributed by atoms with Crippen LogP contribution in [0.1, 0.15) is 15.9 Å². The highest BCUT2D eigenvalue weighted by molar-refractivity contribution is 5.99. The normalized spacial score (nSPS) is 10.5. The van der Waals surface area contributed by atoms with Crippen LogP contribution in [-0.2, 0) is 6.42 Å². The summed E-state index contributed by atoms with van der Waals surface area (Å²) in [7, 11) is 3.15. The van der Waals surface area contributed by atoms with Crippen LogP contribution in [0.2, 0.25) is 0 Å². The van der Waals surface area contributed by atoms with Crippen LogP contribution in [0.3, 0.4) is 0 Å². The topological polar surface area (TPSA) is 73.6 Å². The monoisotopic (exact) mass is 370 g/mol. The Bertz CT molecular complexity index is 922. The van der Waals surface area contributed by atoms with Gasteiger partial charge in [-0.15, -0.1) is 0 Å². The van der Waals surface area contributed by atoms with Crippen LogP contribution in [0, 0.1) is 5.82 Å². The van der Waals surface area contributed by atoms with Crippen LogP contribution in [-0.4, -0.2) is 31.8 Å². The Hall–Kier alpha value is -3.35. The fraction of sp³-hybridized carbons (Fsp3) is 0.200. The van der Waals surface area contributed by atoms with E-state index in [4.69, 9.17) is 14.0 Å². The summed E-state index contributed by atoms with van der Waals surface area (Å²) in [5.74, 6) is 0.923. The molecular formula is C20H19FN2O4. The second-order valence-corrected chi connectivity index (χ2v) is 5.77. The van der Waals surface area contributed by atoms with Crippen LogP contribution >= 0.6 is 0 Å². The van der Waals surface area contributed by atoms with Crippen molar-refractivity contribution in [2.75, 3.05) is 20.8 Å². The zero-order chi connectivity index (χ0) is 19.2. The average Bonchev–Trinajstić information content (AvgIpc) is 3.18. The Morgan fingerprint density at radius 3 is 2.56 bits per heavy atom. The van der Waals surface area contributed by atoms with E-state index in [1.54, 1.807) is 14.2 Å². The zero-order valence-electron chi connectivity index (χ0n) is 15.0. The highest BCUT2D eigenvalue weighted by Crippen LogP contribution is 2.27. The molecular weight excluding hydrogens is 351 g/mol. The molecule has 0 aliphatic heterocycles. The van der Waals surface area contributed by atoms with Gasteiger partial charge in [-0.2, -0.15) is 0 Å². The molecule has 3 aromatic rings. The van der Waals surface area contributed by atoms with Gasteiger partial charge in [0.05, 0.1) is 20.4 Å². The molecule has 6 nitrogen and oxygen atoms in total. The first kappa shape index (κ1) is 18.4. The van der Waals surface area contributed by atoms with E-state index >= 15 is 0 Å². The molecule has 0 unspecified atom stereocenters. The van der Waals surface area contributed by atoms with Crippen molar-refractivity contribution in [3.05, 3.63) is 65.6 Å². The van der Waals surface area contributed by atoms with Crippen LogP contribution < -0.4 is 14.8 Å². The molecule has 2 aromatic carbocycles. The Balaban J connectivity index is 1.64. The number of halogens is 1. The van der Waals surface area contributed by atoms with E-state index in [1.165, 1.54) is 30.5 Å². The predicted molar refractivity (Wildman–Crippen MR) is 97.5 cm³/mol. The van der Waals surface area contributed by atoms with Crippen molar-refractivity contribution in [3.63, 3.8) is 0 Å². The second kappa shape index (κ2) is 8.35. The lowest BCUT2D eigenvalue weighted by Crippen LogP contribution is -2.25. The summed E-state index contributed by atoms with van der Waals surface area (Å²) >= 11 is 0. The molecule has 1 heterocycles. The summed E-state index contributed by atoms with van der Waals surface area (Å²) in [6, 6.07) is 11.3. The Kier molecular flexibility index (Phi) is 5.71. The molecule has 1 aromatic heterocycles. The first-order valence-corrected chi connectivity index (χ1v) is 8.32. The molecule has 0 aliphatic rings. The standard InChI is InChI=1S/C20H19FN2O4/c1-25-17-8-3-13(11-18(17)26-2)9-10-22-20(24)16-12-23-27-19(16)14-4-6-15(21)7-5-14/h3-8,11-12H,9-10H2,1-2H3,(H,22,24). The minimum atomic E-state index is -0.362. The third-order valence-electron chi connectivity index (χ3n) is 4.07. The van der Waals surface area contributed by atoms with Gasteiger partial charge in [-0.05, 0) is 48.4 Å². The van der Waals surface area contributed by atoms with Gasteiger partial charge in [0, 0.05) is 12.1 Å². The number of methoxy groups -OCH3 is 2. The van der Waals surface area contributed by atoms with Gasteiger partial charge in [0.25, 0.3) is 5.91 Å². The van der Waals surface area contributed by atoms with E-state index in [2.05, 4.69) is 10.5 Å². The van der Waals surface area contributed by atoms with E-state index in [0.717, 1.165) is 5.56 Å². The number of ether oxygens (including phenoxy) is 2. The van der Waals surface area contributed by atoms with Crippen LogP contribution in [0.15, 0.2) is 53.2 Å². The predicted octanol–water partition coefficient (Wildman–Crippen LogP) is 3.47. The maximum Gasteiger partial charge on any atom is 0.256 e. The Morgan fingerprint density at radius 1 is 1.11 bits per heavy atom. The number of hydrogen-bond donors (Lipinski definition) is 1. The van der Waals surface area contributed by atoms with Gasteiger partial charge < -0.3 is 19.3 Å². The van der Waals surface area contributed by atoms with Crippen LogP contribution in [0.5, 0.6) is 11.5 Å². The number of benzene rings is 2. The van der Waals surface area contributed by atoms with Crippen molar-refractivity contribution in [2.24, 2.45) is 0 Å². The largest absolute Gasteiger partial charge is 0.493 e. The number of carbonyl (C=O) groups is 1. The average molecular weight is 370 g/mol. The summed E-state index contributed by atoms with van der Waals surface area (Å²) in [6.45, 7) is 0.419. The third kappa shape index (κ3) is 4.25. The molecule has 0 atom stereocenters. The summed E-state index contributed by atoms with van der Waals surface area (Å²) in [5, 5.41) is 6.53. The Labute approximate surface area is 155 Å². The van der Waals surface area contributed by atoms with Crippen LogP contribution in [0.4, 0.5) is 4.39 Å². The summed E-state index contributed by atoms with van der Waals surface area (Å²) < 4.78 is 28.7. The van der Waals surface area contributed by atoms with Crippen molar-refractivity contribution in [2.45, 2.75) is 6.42 Å². The second-order valence-electron chi connectivity index (χ2n) is 5.77. The highest BCUT2D eigenvalue weighted by Gasteiger charge is 2.17. The molecule has 0 spiro atoms. The third-order valence-corrected chi connectivity index (χ3v) is 4.07. The molecule has 7 heteroatoms. The maximum absolute atomic E-state index is 13.1. The first-order valence-electron chi connectivity index (χ1n) is 8.32. The zero-order valence-corrected chi connectivity index (χ0v) is 15.0. The summed E-state index contributed by atoms with van der Waals surface area (Å²) in [5.41, 5.74) is 1.88. The number of carbonyl (C=O) groups excluding carboxylic acids is 1. The minimum absolute atomic E-state index is 0.300. The minimum Gasteiger partial charge on any atom is -0.493 e. The number of hydrogen-bond acceptors (Lipinski definition) is 5. The van der Waals surface area contributed by atoms with Crippen molar-refractivity contribution in [3.8, 4) is 22.8 Å². The van der Waals surface area contributed by atoms with Gasteiger partial charge in [-0.25, -0.2) is 4.39 Å². The van der Waals surface area contributed by atoms with Gasteiger partial charge in [-0.1, -0.05) is 11.2 Å². The number of rotatable bonds is 7. The lowest BCUT2D eigenvalue weighted by Gasteiger charge is -2.10. The summed E-state index contributed by atoms with van der Waals surface area (Å²) in [4.78, 5) is 12.5. The van der Waals surface area contributed by atoms with Crippen LogP contribution in [0.25, 0.3) is 11.3 Å². The molecule has 0 aliphatic carbocycles. The van der Waals surface area contributed by atoms with Crippen molar-refractivity contribution in [1.82, 2.24) is 10.5 Å². The Morgan fingerprint density at radius 2 is 1.85 bits per heavy atom. The van der Waals surface area contributed by atoms with E-state index in [9.17, 15) is 9.18 Å². The molecule has 27 heavy (non-hydrogen) atoms. The maximum atomic E-state index is 13.1. The molecule has 140 valence electrons. The quantitative estimate of drug-likeness (QED) is 0.689. The first-order chi connectivity index (χ1) is 13.1. The lowest BCUT2D eigenvalue weighted by atomic mass is 10.1. The molecule has 1 N–H and O–H groups in total. The summed E-state index contributed by atoms with van der Waals surface area (Å²) in [6.07, 6.45) is 1.97. The van der Waals surface area contributed by atoms with Crippen molar-refractivity contribution < 1.29 is 23.2 Å². The van der Waals surface area contributed by atoms with Crippen molar-refractivity contribution in [1.29, 1.82) is 0 Å². The fourth-order valence-corrected chi connectivity index (χ4v) is 2.66. The number of nitrogens with one attached hydrogen (secondary N) is 1. The number of aromatic nitrogens is 1. The molecule has 0 fully saturated rings.